The Morgan fingerprint density at radius 3 is 2.43 bits per heavy atom. The summed E-state index contributed by atoms with van der Waals surface area (Å²) in [5, 5.41) is 16.6. The molecule has 0 radical (unpaired) electrons. The lowest BCUT2D eigenvalue weighted by Crippen LogP contribution is -2.07. The Morgan fingerprint density at radius 2 is 2.43 bits per heavy atom. The number of thiocyanates is 1. The van der Waals surface area contributed by atoms with Crippen molar-refractivity contribution in [3.63, 3.8) is 0 Å². The number of hydrogen-bond donors (Lipinski definition) is 3. The van der Waals surface area contributed by atoms with Crippen molar-refractivity contribution in [1.29, 1.82) is 10.7 Å². The largest absolute Gasteiger partial charge is 0.379 e. The van der Waals surface area contributed by atoms with E-state index in [0.717, 1.165) is 0 Å². The quantitative estimate of drug-likeness (QED) is 0.181. The van der Waals surface area contributed by atoms with Crippen LogP contribution in [0.2, 0.25) is 0 Å². The van der Waals surface area contributed by atoms with E-state index in [4.69, 9.17) is 16.4 Å². The Morgan fingerprint density at radius 1 is 2.00 bits per heavy atom. The van der Waals surface area contributed by atoms with E-state index >= 15 is 0 Å². The molecule has 0 fully saturated rings. The van der Waals surface area contributed by atoms with E-state index in [1.165, 1.54) is 0 Å². The molecule has 0 saturated carbocycles. The number of thiol groups is 1. The van der Waals surface area contributed by atoms with Gasteiger partial charge in [0.25, 0.3) is 0 Å². The van der Waals surface area contributed by atoms with E-state index in [2.05, 4.69) is 0 Å². The number of rotatable bonds is 0. The standard InChI is InChI=1S/C3H7N3S/c1-7(2-4)3(5)6/h7H,1H3,(H3,5,6). The SMILES string of the molecule is C[SH](C#N)C(=N)N. The second-order valence-corrected chi connectivity index (χ2v) is 2.84. The highest BCUT2D eigenvalue weighted by Crippen LogP contribution is 2.13. The molecule has 0 heterocycles. The van der Waals surface area contributed by atoms with Crippen molar-refractivity contribution in [2.45, 2.75) is 0 Å². The van der Waals surface area contributed by atoms with Gasteiger partial charge in [0.1, 0.15) is 10.6 Å². The number of amidine groups is 1. The number of nitriles is 1. The van der Waals surface area contributed by atoms with Crippen molar-refractivity contribution < 1.29 is 0 Å². The van der Waals surface area contributed by atoms with Crippen LogP contribution < -0.4 is 5.73 Å². The first-order valence-electron chi connectivity index (χ1n) is 1.66. The molecule has 0 aromatic heterocycles. The van der Waals surface area contributed by atoms with Crippen LogP contribution in [0.3, 0.4) is 0 Å². The van der Waals surface area contributed by atoms with Crippen molar-refractivity contribution >= 4 is 16.1 Å². The zero-order chi connectivity index (χ0) is 5.86. The van der Waals surface area contributed by atoms with Crippen LogP contribution >= 0.6 is 10.9 Å². The summed E-state index contributed by atoms with van der Waals surface area (Å²) in [5.74, 6) is 0. The zero-order valence-corrected chi connectivity index (χ0v) is 4.87. The molecule has 0 spiro atoms. The van der Waals surface area contributed by atoms with Gasteiger partial charge >= 0.3 is 0 Å². The maximum absolute atomic E-state index is 8.06. The molecule has 0 bridgehead atoms. The van der Waals surface area contributed by atoms with Gasteiger partial charge in [-0.15, -0.1) is 10.9 Å². The minimum absolute atomic E-state index is 0.00231. The first-order chi connectivity index (χ1) is 3.18. The van der Waals surface area contributed by atoms with E-state index in [0.29, 0.717) is 0 Å². The summed E-state index contributed by atoms with van der Waals surface area (Å²) in [7, 11) is -0.971. The maximum Gasteiger partial charge on any atom is 0.143 e. The fourth-order valence-electron chi connectivity index (χ4n) is 0.0539. The summed E-state index contributed by atoms with van der Waals surface area (Å²) in [6.07, 6.45) is 1.65. The van der Waals surface area contributed by atoms with Crippen molar-refractivity contribution in [3.8, 4) is 5.40 Å². The zero-order valence-electron chi connectivity index (χ0n) is 3.97. The van der Waals surface area contributed by atoms with Crippen LogP contribution in [0.5, 0.6) is 0 Å². The molecule has 4 heteroatoms. The monoisotopic (exact) mass is 117 g/mol. The maximum atomic E-state index is 8.06. The Hall–Kier alpha value is -0.690. The summed E-state index contributed by atoms with van der Waals surface area (Å²) in [4.78, 5) is 0. The molecule has 0 rings (SSSR count). The first kappa shape index (κ1) is 6.31. The van der Waals surface area contributed by atoms with Crippen molar-refractivity contribution in [2.75, 3.05) is 6.26 Å². The molecule has 0 aromatic rings. The van der Waals surface area contributed by atoms with Gasteiger partial charge in [0.05, 0.1) is 0 Å². The van der Waals surface area contributed by atoms with Crippen LogP contribution in [0, 0.1) is 16.1 Å². The molecule has 0 saturated heterocycles. The summed E-state index contributed by atoms with van der Waals surface area (Å²) in [6, 6.07) is 0. The first-order valence-corrected chi connectivity index (χ1v) is 3.45. The van der Waals surface area contributed by atoms with Crippen molar-refractivity contribution in [3.05, 3.63) is 0 Å². The predicted molar refractivity (Wildman–Crippen MR) is 32.4 cm³/mol. The molecular formula is C3H7N3S. The normalized spacial score (nSPS) is 14.6. The van der Waals surface area contributed by atoms with Crippen LogP contribution in [0.4, 0.5) is 0 Å². The lowest BCUT2D eigenvalue weighted by molar-refractivity contribution is 1.50. The second kappa shape index (κ2) is 2.48. The van der Waals surface area contributed by atoms with Gasteiger partial charge in [-0.25, -0.2) is 0 Å². The molecule has 7 heavy (non-hydrogen) atoms. The summed E-state index contributed by atoms with van der Waals surface area (Å²) < 4.78 is 0. The van der Waals surface area contributed by atoms with Crippen LogP contribution in [-0.4, -0.2) is 11.4 Å². The fourth-order valence-corrected chi connectivity index (χ4v) is 0.162. The second-order valence-electron chi connectivity index (χ2n) is 1.04. The van der Waals surface area contributed by atoms with Crippen molar-refractivity contribution in [2.24, 2.45) is 5.73 Å². The van der Waals surface area contributed by atoms with E-state index in [1.54, 1.807) is 6.26 Å². The van der Waals surface area contributed by atoms with E-state index < -0.39 is 10.9 Å². The minimum Gasteiger partial charge on any atom is -0.379 e. The number of hydrogen-bond acceptors (Lipinski definition) is 2. The minimum atomic E-state index is -0.971. The highest BCUT2D eigenvalue weighted by molar-refractivity contribution is 8.32. The molecule has 1 atom stereocenters. The third-order valence-electron chi connectivity index (χ3n) is 0.511. The number of nitrogens with two attached hydrogens (primary N) is 1. The Labute approximate surface area is 45.0 Å². The summed E-state index contributed by atoms with van der Waals surface area (Å²) in [6.45, 7) is 0. The van der Waals surface area contributed by atoms with Crippen molar-refractivity contribution in [1.82, 2.24) is 0 Å². The van der Waals surface area contributed by atoms with Gasteiger partial charge < -0.3 is 5.73 Å². The van der Waals surface area contributed by atoms with Gasteiger partial charge in [0.15, 0.2) is 0 Å². The molecule has 0 aromatic carbocycles. The topological polar surface area (TPSA) is 73.7 Å². The van der Waals surface area contributed by atoms with Crippen LogP contribution in [-0.2, 0) is 0 Å². The molecule has 0 aliphatic rings. The summed E-state index contributed by atoms with van der Waals surface area (Å²) >= 11 is 0. The third kappa shape index (κ3) is 2.06. The average molecular weight is 117 g/mol. The lowest BCUT2D eigenvalue weighted by atomic mass is 11.4. The van der Waals surface area contributed by atoms with Gasteiger partial charge in [-0.05, 0) is 6.26 Å². The smallest absolute Gasteiger partial charge is 0.143 e. The van der Waals surface area contributed by atoms with Gasteiger partial charge in [0.2, 0.25) is 0 Å². The predicted octanol–water partition coefficient (Wildman–Crippen LogP) is -0.00805. The van der Waals surface area contributed by atoms with Crippen LogP contribution in [0.1, 0.15) is 0 Å². The lowest BCUT2D eigenvalue weighted by Gasteiger charge is -1.98. The molecule has 0 aliphatic heterocycles. The molecule has 3 N–H and O–H groups in total. The molecule has 1 unspecified atom stereocenters. The Balaban J connectivity index is 3.63. The molecule has 3 nitrogen and oxygen atoms in total. The van der Waals surface area contributed by atoms with Crippen LogP contribution in [0.15, 0.2) is 0 Å². The fraction of sp³-hybridized carbons (Fsp3) is 0.333. The van der Waals surface area contributed by atoms with Gasteiger partial charge in [-0.3, -0.25) is 5.41 Å². The summed E-state index contributed by atoms with van der Waals surface area (Å²) in [5.41, 5.74) is 4.94. The molecule has 0 amide bonds. The van der Waals surface area contributed by atoms with Gasteiger partial charge in [-0.2, -0.15) is 5.26 Å². The van der Waals surface area contributed by atoms with Gasteiger partial charge in [-0.1, -0.05) is 0 Å². The molecule has 0 aliphatic carbocycles. The highest BCUT2D eigenvalue weighted by atomic mass is 32.2. The molecule has 40 valence electrons. The average Bonchev–Trinajstić information content (AvgIpc) is 1.65. The molecular weight excluding hydrogens is 110 g/mol. The number of nitrogens with zero attached hydrogens (tertiary/aromatic N) is 1. The Kier molecular flexibility index (Phi) is 2.23. The number of nitrogens with one attached hydrogen (secondary N) is 1. The van der Waals surface area contributed by atoms with E-state index in [-0.39, 0.29) is 5.17 Å². The third-order valence-corrected chi connectivity index (χ3v) is 1.53. The van der Waals surface area contributed by atoms with E-state index in [9.17, 15) is 0 Å². The van der Waals surface area contributed by atoms with Crippen LogP contribution in [0.25, 0.3) is 0 Å². The highest BCUT2D eigenvalue weighted by Gasteiger charge is 1.92. The van der Waals surface area contributed by atoms with Gasteiger partial charge in [0, 0.05) is 0 Å². The van der Waals surface area contributed by atoms with E-state index in [1.807, 2.05) is 5.40 Å². The Bertz CT molecular complexity index is 114.